The molecule has 0 saturated carbocycles. The molecule has 0 heterocycles. The third-order valence-corrected chi connectivity index (χ3v) is 2.16. The van der Waals surface area contributed by atoms with E-state index in [-0.39, 0.29) is 0 Å². The van der Waals surface area contributed by atoms with Crippen LogP contribution in [0.15, 0.2) is 6.07 Å². The van der Waals surface area contributed by atoms with Crippen molar-refractivity contribution in [3.05, 3.63) is 22.8 Å². The summed E-state index contributed by atoms with van der Waals surface area (Å²) in [6.45, 7) is 1.73. The molecule has 0 aromatic heterocycles. The second-order valence-electron chi connectivity index (χ2n) is 3.00. The molecule has 0 aliphatic carbocycles. The molecule has 0 amide bonds. The molecule has 0 fully saturated rings. The summed E-state index contributed by atoms with van der Waals surface area (Å²) >= 11 is 0. The number of methoxy groups -OCH3 is 2. The molecular weight excluding hydrogens is 196 g/mol. The summed E-state index contributed by atoms with van der Waals surface area (Å²) in [4.78, 5) is 21.6. The zero-order chi connectivity index (χ0) is 11.4. The quantitative estimate of drug-likeness (QED) is 0.706. The lowest BCUT2D eigenvalue weighted by Gasteiger charge is -2.13. The normalized spacial score (nSPS) is 9.53. The predicted octanol–water partition coefficient (Wildman–Crippen LogP) is 1.64. The standard InChI is InChI=1S/C11H12O4/c1-7-4-8(5-12)10(14-2)11(15-3)9(7)6-13/h4-6H,1-3H3. The third-order valence-electron chi connectivity index (χ3n) is 2.16. The van der Waals surface area contributed by atoms with Gasteiger partial charge in [-0.25, -0.2) is 0 Å². The molecule has 80 valence electrons. The van der Waals surface area contributed by atoms with Gasteiger partial charge in [-0.05, 0) is 18.6 Å². The summed E-state index contributed by atoms with van der Waals surface area (Å²) in [7, 11) is 2.85. The van der Waals surface area contributed by atoms with Crippen LogP contribution in [0.4, 0.5) is 0 Å². The van der Waals surface area contributed by atoms with Crippen LogP contribution in [0.5, 0.6) is 11.5 Å². The fraction of sp³-hybridized carbons (Fsp3) is 0.273. The molecule has 1 rings (SSSR count). The van der Waals surface area contributed by atoms with Gasteiger partial charge in [0.05, 0.1) is 25.3 Å². The van der Waals surface area contributed by atoms with E-state index in [9.17, 15) is 9.59 Å². The average Bonchev–Trinajstić information content (AvgIpc) is 2.27. The molecule has 0 spiro atoms. The van der Waals surface area contributed by atoms with Crippen LogP contribution in [0, 0.1) is 6.92 Å². The van der Waals surface area contributed by atoms with Crippen LogP contribution in [0.2, 0.25) is 0 Å². The van der Waals surface area contributed by atoms with Crippen molar-refractivity contribution in [2.75, 3.05) is 14.2 Å². The predicted molar refractivity (Wildman–Crippen MR) is 55.1 cm³/mol. The maximum absolute atomic E-state index is 10.9. The van der Waals surface area contributed by atoms with Gasteiger partial charge in [0.15, 0.2) is 24.1 Å². The Morgan fingerprint density at radius 2 is 1.67 bits per heavy atom. The largest absolute Gasteiger partial charge is 0.492 e. The summed E-state index contributed by atoms with van der Waals surface area (Å²) in [5, 5.41) is 0. The van der Waals surface area contributed by atoms with Gasteiger partial charge < -0.3 is 9.47 Å². The zero-order valence-corrected chi connectivity index (χ0v) is 8.87. The summed E-state index contributed by atoms with van der Waals surface area (Å²) in [5.74, 6) is 0.592. The SMILES string of the molecule is COc1c(C=O)cc(C)c(C=O)c1OC. The molecular formula is C11H12O4. The van der Waals surface area contributed by atoms with Crippen LogP contribution in [0.1, 0.15) is 26.3 Å². The Kier molecular flexibility index (Phi) is 3.44. The molecule has 0 aliphatic heterocycles. The molecule has 0 aliphatic rings. The van der Waals surface area contributed by atoms with E-state index in [2.05, 4.69) is 0 Å². The van der Waals surface area contributed by atoms with Crippen molar-refractivity contribution in [3.63, 3.8) is 0 Å². The van der Waals surface area contributed by atoms with E-state index in [0.717, 1.165) is 0 Å². The van der Waals surface area contributed by atoms with E-state index in [1.807, 2.05) is 0 Å². The second-order valence-corrected chi connectivity index (χ2v) is 3.00. The van der Waals surface area contributed by atoms with Crippen LogP contribution in [0.3, 0.4) is 0 Å². The van der Waals surface area contributed by atoms with Gasteiger partial charge >= 0.3 is 0 Å². The third kappa shape index (κ3) is 1.83. The highest BCUT2D eigenvalue weighted by Crippen LogP contribution is 2.35. The van der Waals surface area contributed by atoms with Crippen molar-refractivity contribution in [3.8, 4) is 11.5 Å². The molecule has 15 heavy (non-hydrogen) atoms. The summed E-state index contributed by atoms with van der Waals surface area (Å²) in [6, 6.07) is 1.60. The van der Waals surface area contributed by atoms with E-state index in [4.69, 9.17) is 9.47 Å². The first-order valence-electron chi connectivity index (χ1n) is 4.35. The highest BCUT2D eigenvalue weighted by atomic mass is 16.5. The Hall–Kier alpha value is -1.84. The summed E-state index contributed by atoms with van der Waals surface area (Å²) < 4.78 is 10.1. The summed E-state index contributed by atoms with van der Waals surface area (Å²) in [5.41, 5.74) is 1.46. The number of benzene rings is 1. The molecule has 4 heteroatoms. The molecule has 0 N–H and O–H groups in total. The number of aldehydes is 2. The zero-order valence-electron chi connectivity index (χ0n) is 8.87. The van der Waals surface area contributed by atoms with Gasteiger partial charge in [0.2, 0.25) is 0 Å². The minimum atomic E-state index is 0.292. The molecule has 0 radical (unpaired) electrons. The number of rotatable bonds is 4. The Morgan fingerprint density at radius 3 is 2.07 bits per heavy atom. The van der Waals surface area contributed by atoms with Crippen molar-refractivity contribution in [2.45, 2.75) is 6.92 Å². The Balaban J connectivity index is 3.58. The lowest BCUT2D eigenvalue weighted by atomic mass is 10.0. The Bertz CT molecular complexity index is 396. The van der Waals surface area contributed by atoms with Gasteiger partial charge in [-0.3, -0.25) is 9.59 Å². The Labute approximate surface area is 87.8 Å². The number of aryl methyl sites for hydroxylation is 1. The van der Waals surface area contributed by atoms with Crippen molar-refractivity contribution in [1.29, 1.82) is 0 Å². The van der Waals surface area contributed by atoms with Crippen LogP contribution < -0.4 is 9.47 Å². The molecule has 1 aromatic rings. The molecule has 4 nitrogen and oxygen atoms in total. The van der Waals surface area contributed by atoms with Crippen molar-refractivity contribution in [1.82, 2.24) is 0 Å². The van der Waals surface area contributed by atoms with Crippen LogP contribution in [-0.4, -0.2) is 26.8 Å². The van der Waals surface area contributed by atoms with Crippen molar-refractivity contribution >= 4 is 12.6 Å². The smallest absolute Gasteiger partial charge is 0.172 e. The first-order valence-corrected chi connectivity index (χ1v) is 4.35. The van der Waals surface area contributed by atoms with Crippen LogP contribution in [0.25, 0.3) is 0 Å². The number of hydrogen-bond donors (Lipinski definition) is 0. The molecule has 0 unspecified atom stereocenters. The number of carbonyl (C=O) groups is 2. The van der Waals surface area contributed by atoms with Gasteiger partial charge in [-0.1, -0.05) is 0 Å². The second kappa shape index (κ2) is 4.59. The highest BCUT2D eigenvalue weighted by Gasteiger charge is 2.16. The molecule has 0 atom stereocenters. The van der Waals surface area contributed by atoms with Gasteiger partial charge in [0.1, 0.15) is 0 Å². The van der Waals surface area contributed by atoms with Gasteiger partial charge in [0.25, 0.3) is 0 Å². The minimum absolute atomic E-state index is 0.292. The highest BCUT2D eigenvalue weighted by molar-refractivity contribution is 5.90. The first kappa shape index (κ1) is 11.2. The van der Waals surface area contributed by atoms with Gasteiger partial charge in [-0.2, -0.15) is 0 Å². The van der Waals surface area contributed by atoms with E-state index in [1.165, 1.54) is 14.2 Å². The van der Waals surface area contributed by atoms with E-state index in [0.29, 0.717) is 40.8 Å². The van der Waals surface area contributed by atoms with E-state index in [1.54, 1.807) is 13.0 Å². The van der Waals surface area contributed by atoms with Crippen molar-refractivity contribution in [2.24, 2.45) is 0 Å². The van der Waals surface area contributed by atoms with E-state index >= 15 is 0 Å². The van der Waals surface area contributed by atoms with E-state index < -0.39 is 0 Å². The maximum atomic E-state index is 10.9. The van der Waals surface area contributed by atoms with Gasteiger partial charge in [0, 0.05) is 0 Å². The lowest BCUT2D eigenvalue weighted by Crippen LogP contribution is -2.01. The van der Waals surface area contributed by atoms with Gasteiger partial charge in [-0.15, -0.1) is 0 Å². The lowest BCUT2D eigenvalue weighted by molar-refractivity contribution is 0.110. The number of ether oxygens (including phenoxy) is 2. The maximum Gasteiger partial charge on any atom is 0.172 e. The van der Waals surface area contributed by atoms with Crippen LogP contribution in [-0.2, 0) is 0 Å². The molecule has 0 bridgehead atoms. The minimum Gasteiger partial charge on any atom is -0.492 e. The number of hydrogen-bond acceptors (Lipinski definition) is 4. The van der Waals surface area contributed by atoms with Crippen molar-refractivity contribution < 1.29 is 19.1 Å². The fourth-order valence-corrected chi connectivity index (χ4v) is 1.46. The topological polar surface area (TPSA) is 52.6 Å². The van der Waals surface area contributed by atoms with Crippen LogP contribution >= 0.6 is 0 Å². The number of carbonyl (C=O) groups excluding carboxylic acids is 2. The summed E-state index contributed by atoms with van der Waals surface area (Å²) in [6.07, 6.45) is 1.36. The molecule has 1 aromatic carbocycles. The monoisotopic (exact) mass is 208 g/mol. The molecule has 0 saturated heterocycles. The Morgan fingerprint density at radius 1 is 1.07 bits per heavy atom. The average molecular weight is 208 g/mol. The first-order chi connectivity index (χ1) is 7.19. The fourth-order valence-electron chi connectivity index (χ4n) is 1.46.